The molecule has 0 atom stereocenters. The maximum absolute atomic E-state index is 12.6. The van der Waals surface area contributed by atoms with Crippen LogP contribution in [-0.4, -0.2) is 12.2 Å². The van der Waals surface area contributed by atoms with Gasteiger partial charge in [0.1, 0.15) is 11.6 Å². The van der Waals surface area contributed by atoms with Gasteiger partial charge in [0.15, 0.2) is 0 Å². The molecule has 3 heteroatoms. The highest BCUT2D eigenvalue weighted by Gasteiger charge is 2.20. The maximum atomic E-state index is 12.6. The van der Waals surface area contributed by atoms with Gasteiger partial charge >= 0.3 is 0 Å². The minimum absolute atomic E-state index is 0.116. The lowest BCUT2D eigenvalue weighted by molar-refractivity contribution is 0.0756. The second-order valence-corrected chi connectivity index (χ2v) is 6.02. The van der Waals surface area contributed by atoms with Crippen LogP contribution in [0.2, 0.25) is 0 Å². The van der Waals surface area contributed by atoms with Crippen molar-refractivity contribution in [1.82, 2.24) is 0 Å². The third-order valence-corrected chi connectivity index (χ3v) is 3.34. The molecule has 0 fully saturated rings. The molecule has 1 N–H and O–H groups in total. The van der Waals surface area contributed by atoms with Crippen LogP contribution in [0.4, 0.5) is 4.39 Å². The molecule has 2 nitrogen and oxygen atoms in total. The number of benzene rings is 2. The quantitative estimate of drug-likeness (QED) is 0.873. The van der Waals surface area contributed by atoms with E-state index < -0.39 is 5.60 Å². The Bertz CT molecular complexity index is 628. The van der Waals surface area contributed by atoms with E-state index in [9.17, 15) is 9.50 Å². The summed E-state index contributed by atoms with van der Waals surface area (Å²) in [7, 11) is 1.61. The van der Waals surface area contributed by atoms with Gasteiger partial charge in [0.25, 0.3) is 0 Å². The summed E-state index contributed by atoms with van der Waals surface area (Å²) < 4.78 is 17.7. The molecular weight excluding hydrogens is 279 g/mol. The van der Waals surface area contributed by atoms with Crippen LogP contribution in [0.3, 0.4) is 0 Å². The van der Waals surface area contributed by atoms with Crippen LogP contribution < -0.4 is 4.74 Å². The third kappa shape index (κ3) is 5.15. The van der Waals surface area contributed by atoms with Crippen molar-refractivity contribution in [2.45, 2.75) is 40.2 Å². The van der Waals surface area contributed by atoms with E-state index in [1.165, 1.54) is 6.07 Å². The molecule has 0 spiro atoms. The topological polar surface area (TPSA) is 29.5 Å². The zero-order chi connectivity index (χ0) is 16.9. The molecule has 0 unspecified atom stereocenters. The smallest absolute Gasteiger partial charge is 0.126 e. The number of methoxy groups -OCH3 is 1. The average Bonchev–Trinajstić information content (AvgIpc) is 2.43. The second kappa shape index (κ2) is 7.41. The van der Waals surface area contributed by atoms with Gasteiger partial charge in [-0.2, -0.15) is 0 Å². The minimum atomic E-state index is -0.850. The number of halogens is 1. The van der Waals surface area contributed by atoms with Crippen LogP contribution in [-0.2, 0) is 5.60 Å². The SMILES string of the molecule is COc1ccc(C)cc1C(C)(C)O.Cc1ccc(C)c(F)c1. The van der Waals surface area contributed by atoms with Crippen molar-refractivity contribution in [2.75, 3.05) is 7.11 Å². The summed E-state index contributed by atoms with van der Waals surface area (Å²) in [5.41, 5.74) is 2.78. The second-order valence-electron chi connectivity index (χ2n) is 6.02. The molecule has 0 saturated carbocycles. The van der Waals surface area contributed by atoms with Gasteiger partial charge in [-0.05, 0) is 63.9 Å². The zero-order valence-electron chi connectivity index (χ0n) is 14.2. The Morgan fingerprint density at radius 3 is 1.95 bits per heavy atom. The summed E-state index contributed by atoms with van der Waals surface area (Å²) in [4.78, 5) is 0. The van der Waals surface area contributed by atoms with Crippen LogP contribution >= 0.6 is 0 Å². The molecule has 0 heterocycles. The van der Waals surface area contributed by atoms with E-state index in [2.05, 4.69) is 0 Å². The Labute approximate surface area is 132 Å². The summed E-state index contributed by atoms with van der Waals surface area (Å²) in [6.45, 7) is 9.14. The molecule has 0 aromatic heterocycles. The molecular formula is C19H25FO2. The zero-order valence-corrected chi connectivity index (χ0v) is 14.2. The molecule has 0 radical (unpaired) electrons. The Hall–Kier alpha value is -1.87. The number of hydrogen-bond donors (Lipinski definition) is 1. The first-order chi connectivity index (χ1) is 10.1. The van der Waals surface area contributed by atoms with Crippen LogP contribution in [0.15, 0.2) is 36.4 Å². The fourth-order valence-electron chi connectivity index (χ4n) is 2.00. The van der Waals surface area contributed by atoms with E-state index in [0.29, 0.717) is 5.56 Å². The predicted octanol–water partition coefficient (Wildman–Crippen LogP) is 4.67. The molecule has 0 bridgehead atoms. The number of aliphatic hydroxyl groups is 1. The van der Waals surface area contributed by atoms with E-state index in [1.807, 2.05) is 38.1 Å². The maximum Gasteiger partial charge on any atom is 0.126 e. The highest BCUT2D eigenvalue weighted by atomic mass is 19.1. The summed E-state index contributed by atoms with van der Waals surface area (Å²) >= 11 is 0. The summed E-state index contributed by atoms with van der Waals surface area (Å²) in [5.74, 6) is 0.619. The number of hydrogen-bond acceptors (Lipinski definition) is 2. The van der Waals surface area contributed by atoms with Crippen LogP contribution in [0, 0.1) is 26.6 Å². The fraction of sp³-hybridized carbons (Fsp3) is 0.368. The van der Waals surface area contributed by atoms with Gasteiger partial charge in [-0.25, -0.2) is 4.39 Å². The van der Waals surface area contributed by atoms with E-state index in [0.717, 1.165) is 22.4 Å². The van der Waals surface area contributed by atoms with Crippen molar-refractivity contribution in [1.29, 1.82) is 0 Å². The first-order valence-corrected chi connectivity index (χ1v) is 7.25. The summed E-state index contributed by atoms with van der Waals surface area (Å²) in [6.07, 6.45) is 0. The van der Waals surface area contributed by atoms with Crippen molar-refractivity contribution < 1.29 is 14.2 Å². The summed E-state index contributed by atoms with van der Waals surface area (Å²) in [6, 6.07) is 11.0. The first kappa shape index (κ1) is 18.2. The number of rotatable bonds is 2. The standard InChI is InChI=1S/C11H16O2.C8H9F/c1-8-5-6-10(13-4)9(7-8)11(2,3)12;1-6-3-4-7(2)8(9)5-6/h5-7,12H,1-4H3;3-5H,1-2H3. The Morgan fingerprint density at radius 1 is 0.955 bits per heavy atom. The molecule has 2 aromatic rings. The predicted molar refractivity (Wildman–Crippen MR) is 88.8 cm³/mol. The molecule has 0 aliphatic rings. The summed E-state index contributed by atoms with van der Waals surface area (Å²) in [5, 5.41) is 9.85. The van der Waals surface area contributed by atoms with Crippen LogP contribution in [0.1, 0.15) is 36.1 Å². The van der Waals surface area contributed by atoms with Gasteiger partial charge in [0, 0.05) is 5.56 Å². The van der Waals surface area contributed by atoms with Crippen LogP contribution in [0.5, 0.6) is 5.75 Å². The lowest BCUT2D eigenvalue weighted by Gasteiger charge is -2.21. The normalized spacial score (nSPS) is 10.7. The van der Waals surface area contributed by atoms with E-state index >= 15 is 0 Å². The van der Waals surface area contributed by atoms with Gasteiger partial charge in [0.05, 0.1) is 12.7 Å². The van der Waals surface area contributed by atoms with Gasteiger partial charge < -0.3 is 9.84 Å². The first-order valence-electron chi connectivity index (χ1n) is 7.25. The molecule has 0 aliphatic carbocycles. The molecule has 0 saturated heterocycles. The molecule has 0 aliphatic heterocycles. The van der Waals surface area contributed by atoms with Crippen molar-refractivity contribution >= 4 is 0 Å². The lowest BCUT2D eigenvalue weighted by atomic mass is 9.96. The van der Waals surface area contributed by atoms with Gasteiger partial charge in [-0.3, -0.25) is 0 Å². The molecule has 2 rings (SSSR count). The Morgan fingerprint density at radius 2 is 1.50 bits per heavy atom. The molecule has 0 amide bonds. The van der Waals surface area contributed by atoms with Gasteiger partial charge in [-0.1, -0.05) is 23.8 Å². The number of ether oxygens (including phenoxy) is 1. The monoisotopic (exact) mass is 304 g/mol. The highest BCUT2D eigenvalue weighted by Crippen LogP contribution is 2.29. The minimum Gasteiger partial charge on any atom is -0.496 e. The average molecular weight is 304 g/mol. The molecule has 120 valence electrons. The largest absolute Gasteiger partial charge is 0.496 e. The Balaban J connectivity index is 0.000000235. The molecule has 2 aromatic carbocycles. The highest BCUT2D eigenvalue weighted by molar-refractivity contribution is 5.40. The van der Waals surface area contributed by atoms with Crippen molar-refractivity contribution in [3.63, 3.8) is 0 Å². The van der Waals surface area contributed by atoms with E-state index in [1.54, 1.807) is 33.9 Å². The Kier molecular flexibility index (Phi) is 6.12. The third-order valence-electron chi connectivity index (χ3n) is 3.34. The molecule has 22 heavy (non-hydrogen) atoms. The fourth-order valence-corrected chi connectivity index (χ4v) is 2.00. The van der Waals surface area contributed by atoms with Crippen molar-refractivity contribution in [3.05, 3.63) is 64.5 Å². The van der Waals surface area contributed by atoms with Gasteiger partial charge in [-0.15, -0.1) is 0 Å². The number of aryl methyl sites for hydroxylation is 3. The van der Waals surface area contributed by atoms with E-state index in [-0.39, 0.29) is 5.82 Å². The van der Waals surface area contributed by atoms with Crippen molar-refractivity contribution in [3.8, 4) is 5.75 Å². The van der Waals surface area contributed by atoms with Crippen LogP contribution in [0.25, 0.3) is 0 Å². The van der Waals surface area contributed by atoms with Crippen molar-refractivity contribution in [2.24, 2.45) is 0 Å². The van der Waals surface area contributed by atoms with Gasteiger partial charge in [0.2, 0.25) is 0 Å². The van der Waals surface area contributed by atoms with E-state index in [4.69, 9.17) is 4.74 Å². The lowest BCUT2D eigenvalue weighted by Crippen LogP contribution is -2.16.